The van der Waals surface area contributed by atoms with E-state index in [1.165, 1.54) is 18.2 Å². The van der Waals surface area contributed by atoms with Crippen LogP contribution < -0.4 is 5.32 Å². The SMILES string of the molecule is N#Cc1cccc([C@H](C(F)F)N2CCNCC2)c1O. The molecule has 0 bridgehead atoms. The average molecular weight is 267 g/mol. The van der Waals surface area contributed by atoms with Crippen molar-refractivity contribution in [3.05, 3.63) is 29.3 Å². The Morgan fingerprint density at radius 2 is 2.00 bits per heavy atom. The van der Waals surface area contributed by atoms with Crippen LogP contribution in [0.1, 0.15) is 17.2 Å². The van der Waals surface area contributed by atoms with Crippen molar-refractivity contribution >= 4 is 0 Å². The van der Waals surface area contributed by atoms with Gasteiger partial charge in [0.1, 0.15) is 17.9 Å². The molecule has 0 aliphatic carbocycles. The summed E-state index contributed by atoms with van der Waals surface area (Å²) in [5.41, 5.74) is 0.147. The minimum Gasteiger partial charge on any atom is -0.506 e. The Bertz CT molecular complexity index is 481. The summed E-state index contributed by atoms with van der Waals surface area (Å²) in [5, 5.41) is 21.9. The van der Waals surface area contributed by atoms with Crippen LogP contribution in [0.5, 0.6) is 5.75 Å². The van der Waals surface area contributed by atoms with Crippen LogP contribution in [0.4, 0.5) is 8.78 Å². The highest BCUT2D eigenvalue weighted by molar-refractivity contribution is 5.48. The van der Waals surface area contributed by atoms with Crippen molar-refractivity contribution in [2.24, 2.45) is 0 Å². The summed E-state index contributed by atoms with van der Waals surface area (Å²) < 4.78 is 26.7. The number of benzene rings is 1. The number of phenols is 1. The van der Waals surface area contributed by atoms with E-state index in [-0.39, 0.29) is 16.9 Å². The summed E-state index contributed by atoms with van der Waals surface area (Å²) >= 11 is 0. The van der Waals surface area contributed by atoms with Gasteiger partial charge < -0.3 is 10.4 Å². The van der Waals surface area contributed by atoms with Gasteiger partial charge in [-0.25, -0.2) is 8.78 Å². The van der Waals surface area contributed by atoms with E-state index in [1.807, 2.05) is 0 Å². The number of hydrogen-bond acceptors (Lipinski definition) is 4. The molecule has 19 heavy (non-hydrogen) atoms. The number of nitriles is 1. The molecule has 1 aliphatic heterocycles. The van der Waals surface area contributed by atoms with Gasteiger partial charge in [-0.1, -0.05) is 12.1 Å². The Hall–Kier alpha value is -1.71. The van der Waals surface area contributed by atoms with Crippen LogP contribution in [0.3, 0.4) is 0 Å². The lowest BCUT2D eigenvalue weighted by Gasteiger charge is -2.34. The van der Waals surface area contributed by atoms with Crippen LogP contribution in [0.2, 0.25) is 0 Å². The van der Waals surface area contributed by atoms with Crippen molar-refractivity contribution in [3.63, 3.8) is 0 Å². The fourth-order valence-electron chi connectivity index (χ4n) is 2.34. The maximum absolute atomic E-state index is 13.3. The predicted molar refractivity (Wildman–Crippen MR) is 66.0 cm³/mol. The van der Waals surface area contributed by atoms with Crippen LogP contribution in [-0.2, 0) is 0 Å². The lowest BCUT2D eigenvalue weighted by Crippen LogP contribution is -2.46. The molecule has 0 spiro atoms. The molecule has 0 radical (unpaired) electrons. The minimum absolute atomic E-state index is 0.0262. The molecule has 6 heteroatoms. The highest BCUT2D eigenvalue weighted by atomic mass is 19.3. The molecule has 1 saturated heterocycles. The van der Waals surface area contributed by atoms with Crippen molar-refractivity contribution in [3.8, 4) is 11.8 Å². The molecular formula is C13H15F2N3O. The fraction of sp³-hybridized carbons (Fsp3) is 0.462. The molecular weight excluding hydrogens is 252 g/mol. The Morgan fingerprint density at radius 3 is 2.58 bits per heavy atom. The largest absolute Gasteiger partial charge is 0.506 e. The average Bonchev–Trinajstić information content (AvgIpc) is 2.42. The molecule has 1 heterocycles. The molecule has 102 valence electrons. The Balaban J connectivity index is 2.36. The van der Waals surface area contributed by atoms with E-state index in [2.05, 4.69) is 5.32 Å². The summed E-state index contributed by atoms with van der Waals surface area (Å²) in [7, 11) is 0. The second kappa shape index (κ2) is 5.95. The summed E-state index contributed by atoms with van der Waals surface area (Å²) in [6.45, 7) is 2.26. The maximum Gasteiger partial charge on any atom is 0.258 e. The molecule has 1 atom stereocenters. The van der Waals surface area contributed by atoms with Crippen LogP contribution in [0.15, 0.2) is 18.2 Å². The van der Waals surface area contributed by atoms with Crippen molar-refractivity contribution in [1.82, 2.24) is 10.2 Å². The third kappa shape index (κ3) is 2.83. The molecule has 0 unspecified atom stereocenters. The first kappa shape index (κ1) is 13.7. The van der Waals surface area contributed by atoms with E-state index in [1.54, 1.807) is 11.0 Å². The zero-order valence-corrected chi connectivity index (χ0v) is 10.3. The van der Waals surface area contributed by atoms with Gasteiger partial charge in [-0.05, 0) is 6.07 Å². The topological polar surface area (TPSA) is 59.3 Å². The Kier molecular flexibility index (Phi) is 4.30. The predicted octanol–water partition coefficient (Wildman–Crippen LogP) is 1.48. The normalized spacial score (nSPS) is 18.2. The first-order valence-corrected chi connectivity index (χ1v) is 6.10. The summed E-state index contributed by atoms with van der Waals surface area (Å²) in [6.07, 6.45) is -2.61. The maximum atomic E-state index is 13.3. The lowest BCUT2D eigenvalue weighted by molar-refractivity contribution is 0.0170. The first-order chi connectivity index (χ1) is 9.15. The van der Waals surface area contributed by atoms with Gasteiger partial charge in [0.05, 0.1) is 5.56 Å². The molecule has 1 fully saturated rings. The molecule has 0 aromatic heterocycles. The number of hydrogen-bond donors (Lipinski definition) is 2. The van der Waals surface area contributed by atoms with Gasteiger partial charge in [-0.2, -0.15) is 5.26 Å². The van der Waals surface area contributed by atoms with Gasteiger partial charge in [-0.15, -0.1) is 0 Å². The number of para-hydroxylation sites is 1. The van der Waals surface area contributed by atoms with E-state index in [0.29, 0.717) is 26.2 Å². The van der Waals surface area contributed by atoms with Crippen LogP contribution in [0, 0.1) is 11.3 Å². The van der Waals surface area contributed by atoms with E-state index < -0.39 is 12.5 Å². The number of piperazine rings is 1. The molecule has 1 aromatic carbocycles. The number of halogens is 2. The third-order valence-electron chi connectivity index (χ3n) is 3.29. The highest BCUT2D eigenvalue weighted by Crippen LogP contribution is 2.35. The standard InChI is InChI=1S/C13H15F2N3O/c14-13(15)11(18-6-4-17-5-7-18)10-3-1-2-9(8-16)12(10)19/h1-3,11,13,17,19H,4-7H2/t11-/m1/s1. The summed E-state index contributed by atoms with van der Waals surface area (Å²) in [5.74, 6) is -0.339. The minimum atomic E-state index is -2.61. The number of nitrogens with zero attached hydrogens (tertiary/aromatic N) is 2. The third-order valence-corrected chi connectivity index (χ3v) is 3.29. The van der Waals surface area contributed by atoms with Crippen LogP contribution >= 0.6 is 0 Å². The van der Waals surface area contributed by atoms with E-state index in [9.17, 15) is 13.9 Å². The number of rotatable bonds is 3. The molecule has 2 N–H and O–H groups in total. The van der Waals surface area contributed by atoms with Gasteiger partial charge in [0, 0.05) is 31.7 Å². The van der Waals surface area contributed by atoms with Crippen molar-refractivity contribution in [2.75, 3.05) is 26.2 Å². The van der Waals surface area contributed by atoms with E-state index in [4.69, 9.17) is 5.26 Å². The number of alkyl halides is 2. The molecule has 4 nitrogen and oxygen atoms in total. The number of phenolic OH excluding ortho intramolecular Hbond substituents is 1. The van der Waals surface area contributed by atoms with Gasteiger partial charge in [0.25, 0.3) is 6.43 Å². The number of aromatic hydroxyl groups is 1. The quantitative estimate of drug-likeness (QED) is 0.870. The van der Waals surface area contributed by atoms with Crippen molar-refractivity contribution in [1.29, 1.82) is 5.26 Å². The molecule has 2 rings (SSSR count). The van der Waals surface area contributed by atoms with Crippen molar-refractivity contribution in [2.45, 2.75) is 12.5 Å². The number of nitrogens with one attached hydrogen (secondary N) is 1. The Morgan fingerprint density at radius 1 is 1.32 bits per heavy atom. The molecule has 0 amide bonds. The summed E-state index contributed by atoms with van der Waals surface area (Å²) in [6, 6.07) is 5.02. The van der Waals surface area contributed by atoms with Gasteiger partial charge in [-0.3, -0.25) is 4.90 Å². The Labute approximate surface area is 110 Å². The monoisotopic (exact) mass is 267 g/mol. The lowest BCUT2D eigenvalue weighted by atomic mass is 10.0. The second-order valence-corrected chi connectivity index (χ2v) is 4.42. The fourth-order valence-corrected chi connectivity index (χ4v) is 2.34. The molecule has 1 aliphatic rings. The second-order valence-electron chi connectivity index (χ2n) is 4.42. The summed E-state index contributed by atoms with van der Waals surface area (Å²) in [4.78, 5) is 1.64. The molecule has 1 aromatic rings. The first-order valence-electron chi connectivity index (χ1n) is 6.10. The zero-order valence-electron chi connectivity index (χ0n) is 10.3. The highest BCUT2D eigenvalue weighted by Gasteiger charge is 2.32. The van der Waals surface area contributed by atoms with E-state index in [0.717, 1.165) is 0 Å². The van der Waals surface area contributed by atoms with Gasteiger partial charge >= 0.3 is 0 Å². The van der Waals surface area contributed by atoms with Crippen LogP contribution in [-0.4, -0.2) is 42.6 Å². The van der Waals surface area contributed by atoms with E-state index >= 15 is 0 Å². The molecule has 0 saturated carbocycles. The van der Waals surface area contributed by atoms with Gasteiger partial charge in [0.2, 0.25) is 0 Å². The van der Waals surface area contributed by atoms with Gasteiger partial charge in [0.15, 0.2) is 0 Å². The zero-order chi connectivity index (χ0) is 13.8. The van der Waals surface area contributed by atoms with Crippen LogP contribution in [0.25, 0.3) is 0 Å². The van der Waals surface area contributed by atoms with Crippen molar-refractivity contribution < 1.29 is 13.9 Å². The smallest absolute Gasteiger partial charge is 0.258 e.